The van der Waals surface area contributed by atoms with E-state index in [0.717, 1.165) is 11.3 Å². The van der Waals surface area contributed by atoms with Crippen LogP contribution in [-0.2, 0) is 19.1 Å². The Kier molecular flexibility index (Phi) is 5.62. The maximum absolute atomic E-state index is 12.2. The van der Waals surface area contributed by atoms with Gasteiger partial charge in [0, 0.05) is 17.6 Å². The number of ether oxygens (including phenoxy) is 3. The van der Waals surface area contributed by atoms with Gasteiger partial charge >= 0.3 is 5.97 Å². The van der Waals surface area contributed by atoms with Crippen molar-refractivity contribution < 1.29 is 23.8 Å². The van der Waals surface area contributed by atoms with Gasteiger partial charge in [-0.25, -0.2) is 4.98 Å². The summed E-state index contributed by atoms with van der Waals surface area (Å²) >= 11 is 1.49. The number of amides is 1. The minimum absolute atomic E-state index is 0.102. The molecule has 25 heavy (non-hydrogen) atoms. The molecule has 2 heterocycles. The van der Waals surface area contributed by atoms with Gasteiger partial charge in [-0.2, -0.15) is 0 Å². The van der Waals surface area contributed by atoms with E-state index in [4.69, 9.17) is 14.2 Å². The van der Waals surface area contributed by atoms with E-state index in [1.165, 1.54) is 16.2 Å². The van der Waals surface area contributed by atoms with E-state index in [2.05, 4.69) is 4.98 Å². The van der Waals surface area contributed by atoms with Crippen LogP contribution in [0.1, 0.15) is 6.92 Å². The summed E-state index contributed by atoms with van der Waals surface area (Å²) in [5.74, 6) is -0.217. The van der Waals surface area contributed by atoms with Crippen LogP contribution in [0, 0.1) is 0 Å². The lowest BCUT2D eigenvalue weighted by Gasteiger charge is -2.29. The van der Waals surface area contributed by atoms with Gasteiger partial charge in [0.2, 0.25) is 0 Å². The van der Waals surface area contributed by atoms with Crippen molar-refractivity contribution >= 4 is 28.9 Å². The lowest BCUT2D eigenvalue weighted by molar-refractivity contribution is -0.144. The lowest BCUT2D eigenvalue weighted by Crippen LogP contribution is -2.42. The number of hydrogen-bond donors (Lipinski definition) is 0. The lowest BCUT2D eigenvalue weighted by atomic mass is 10.1. The van der Waals surface area contributed by atoms with Gasteiger partial charge < -0.3 is 14.2 Å². The molecule has 0 saturated heterocycles. The maximum atomic E-state index is 12.2. The molecule has 0 fully saturated rings. The van der Waals surface area contributed by atoms with Gasteiger partial charge in [0.05, 0.1) is 23.5 Å². The molecule has 0 spiro atoms. The standard InChI is InChI=1S/C17H18N2O5S/c1-2-22-5-6-23-17(21)8-19-14-7-12(13-10-25-11-18-13)3-4-15(14)24-9-16(19)20/h3-4,7,10-11H,2,5-6,8-9H2,1H3. The number of hydrogen-bond acceptors (Lipinski definition) is 7. The minimum Gasteiger partial charge on any atom is -0.482 e. The highest BCUT2D eigenvalue weighted by Gasteiger charge is 2.28. The van der Waals surface area contributed by atoms with Crippen LogP contribution < -0.4 is 9.64 Å². The third-order valence-corrected chi connectivity index (χ3v) is 4.20. The summed E-state index contributed by atoms with van der Waals surface area (Å²) in [4.78, 5) is 29.9. The fourth-order valence-corrected chi connectivity index (χ4v) is 2.98. The highest BCUT2D eigenvalue weighted by Crippen LogP contribution is 2.35. The molecular formula is C17H18N2O5S. The van der Waals surface area contributed by atoms with E-state index >= 15 is 0 Å². The quantitative estimate of drug-likeness (QED) is 0.555. The summed E-state index contributed by atoms with van der Waals surface area (Å²) in [6.07, 6.45) is 0. The second-order valence-corrected chi connectivity index (χ2v) is 5.96. The van der Waals surface area contributed by atoms with E-state index in [1.807, 2.05) is 18.4 Å². The van der Waals surface area contributed by atoms with Crippen LogP contribution in [0.3, 0.4) is 0 Å². The number of esters is 1. The first-order valence-electron chi connectivity index (χ1n) is 7.88. The third-order valence-electron chi connectivity index (χ3n) is 3.61. The first kappa shape index (κ1) is 17.4. The molecule has 0 unspecified atom stereocenters. The van der Waals surface area contributed by atoms with E-state index in [9.17, 15) is 9.59 Å². The van der Waals surface area contributed by atoms with Crippen LogP contribution in [-0.4, -0.2) is 49.8 Å². The number of nitrogens with zero attached hydrogens (tertiary/aromatic N) is 2. The van der Waals surface area contributed by atoms with Crippen molar-refractivity contribution in [2.24, 2.45) is 0 Å². The molecule has 0 N–H and O–H groups in total. The van der Waals surface area contributed by atoms with Crippen molar-refractivity contribution in [2.75, 3.05) is 37.9 Å². The molecule has 0 aliphatic carbocycles. The Bertz CT molecular complexity index is 748. The fraction of sp³-hybridized carbons (Fsp3) is 0.353. The summed E-state index contributed by atoms with van der Waals surface area (Å²) < 4.78 is 15.7. The van der Waals surface area contributed by atoms with Gasteiger partial charge in [0.1, 0.15) is 18.9 Å². The zero-order valence-corrected chi connectivity index (χ0v) is 14.6. The molecule has 0 saturated carbocycles. The van der Waals surface area contributed by atoms with Crippen LogP contribution in [0.2, 0.25) is 0 Å². The van der Waals surface area contributed by atoms with Crippen molar-refractivity contribution in [3.8, 4) is 17.0 Å². The van der Waals surface area contributed by atoms with Crippen LogP contribution >= 0.6 is 11.3 Å². The number of aromatic nitrogens is 1. The molecule has 1 aliphatic rings. The Morgan fingerprint density at radius 3 is 3.04 bits per heavy atom. The van der Waals surface area contributed by atoms with E-state index in [0.29, 0.717) is 24.7 Å². The van der Waals surface area contributed by atoms with Gasteiger partial charge in [-0.3, -0.25) is 14.5 Å². The Balaban J connectivity index is 1.75. The highest BCUT2D eigenvalue weighted by atomic mass is 32.1. The van der Waals surface area contributed by atoms with Crippen LogP contribution in [0.5, 0.6) is 5.75 Å². The molecule has 8 heteroatoms. The molecule has 2 aromatic rings. The zero-order chi connectivity index (χ0) is 17.6. The smallest absolute Gasteiger partial charge is 0.326 e. The second-order valence-electron chi connectivity index (χ2n) is 5.24. The average molecular weight is 362 g/mol. The molecule has 1 aliphatic heterocycles. The number of carbonyl (C=O) groups excluding carboxylic acids is 2. The average Bonchev–Trinajstić information content (AvgIpc) is 3.15. The van der Waals surface area contributed by atoms with Crippen LogP contribution in [0.25, 0.3) is 11.3 Å². The normalized spacial score (nSPS) is 13.3. The Hall–Kier alpha value is -2.45. The van der Waals surface area contributed by atoms with Crippen molar-refractivity contribution in [2.45, 2.75) is 6.92 Å². The molecule has 3 rings (SSSR count). The largest absolute Gasteiger partial charge is 0.482 e. The van der Waals surface area contributed by atoms with Gasteiger partial charge in [-0.15, -0.1) is 11.3 Å². The van der Waals surface area contributed by atoms with E-state index < -0.39 is 5.97 Å². The molecule has 0 radical (unpaired) electrons. The highest BCUT2D eigenvalue weighted by molar-refractivity contribution is 7.07. The topological polar surface area (TPSA) is 78.0 Å². The van der Waals surface area contributed by atoms with Crippen LogP contribution in [0.15, 0.2) is 29.1 Å². The summed E-state index contributed by atoms with van der Waals surface area (Å²) in [5.41, 5.74) is 3.95. The number of fused-ring (bicyclic) bond motifs is 1. The Morgan fingerprint density at radius 2 is 2.28 bits per heavy atom. The second kappa shape index (κ2) is 8.09. The predicted octanol–water partition coefficient (Wildman–Crippen LogP) is 2.12. The molecule has 1 amide bonds. The Morgan fingerprint density at radius 1 is 1.40 bits per heavy atom. The number of benzene rings is 1. The monoisotopic (exact) mass is 362 g/mol. The van der Waals surface area contributed by atoms with Crippen LogP contribution in [0.4, 0.5) is 5.69 Å². The van der Waals surface area contributed by atoms with Gasteiger partial charge in [0.25, 0.3) is 5.91 Å². The van der Waals surface area contributed by atoms with Gasteiger partial charge in [-0.05, 0) is 25.1 Å². The van der Waals surface area contributed by atoms with Crippen molar-refractivity contribution in [1.29, 1.82) is 0 Å². The van der Waals surface area contributed by atoms with Crippen molar-refractivity contribution in [1.82, 2.24) is 4.98 Å². The first-order chi connectivity index (χ1) is 12.2. The van der Waals surface area contributed by atoms with Crippen molar-refractivity contribution in [3.05, 3.63) is 29.1 Å². The number of carbonyl (C=O) groups is 2. The Labute approximate surface area is 149 Å². The first-order valence-corrected chi connectivity index (χ1v) is 8.82. The SMILES string of the molecule is CCOCCOC(=O)CN1C(=O)COc2ccc(-c3cscn3)cc21. The molecule has 1 aromatic heterocycles. The van der Waals surface area contributed by atoms with Crippen molar-refractivity contribution in [3.63, 3.8) is 0 Å². The summed E-state index contributed by atoms with van der Waals surface area (Å²) in [5, 5.41) is 1.92. The molecule has 7 nitrogen and oxygen atoms in total. The summed E-state index contributed by atoms with van der Waals surface area (Å²) in [6.45, 7) is 2.66. The molecule has 0 bridgehead atoms. The fourth-order valence-electron chi connectivity index (χ4n) is 2.42. The summed E-state index contributed by atoms with van der Waals surface area (Å²) in [6, 6.07) is 5.46. The van der Waals surface area contributed by atoms with Gasteiger partial charge in [-0.1, -0.05) is 0 Å². The number of thiazole rings is 1. The molecule has 1 aromatic carbocycles. The number of rotatable bonds is 7. The predicted molar refractivity (Wildman–Crippen MR) is 92.9 cm³/mol. The molecular weight excluding hydrogens is 344 g/mol. The summed E-state index contributed by atoms with van der Waals surface area (Å²) in [7, 11) is 0. The van der Waals surface area contributed by atoms with Gasteiger partial charge in [0.15, 0.2) is 6.61 Å². The van der Waals surface area contributed by atoms with E-state index in [1.54, 1.807) is 17.6 Å². The molecule has 0 atom stereocenters. The maximum Gasteiger partial charge on any atom is 0.326 e. The third kappa shape index (κ3) is 4.15. The molecule has 132 valence electrons. The zero-order valence-electron chi connectivity index (χ0n) is 13.8. The number of anilines is 1. The minimum atomic E-state index is -0.486. The van der Waals surface area contributed by atoms with E-state index in [-0.39, 0.29) is 25.7 Å².